The summed E-state index contributed by atoms with van der Waals surface area (Å²) >= 11 is 0. The fraction of sp³-hybridized carbons (Fsp3) is 0.308. The van der Waals surface area contributed by atoms with Gasteiger partial charge in [-0.15, -0.1) is 0 Å². The van der Waals surface area contributed by atoms with E-state index in [1.165, 1.54) is 22.8 Å². The molecule has 0 saturated carbocycles. The van der Waals surface area contributed by atoms with Crippen LogP contribution in [0.2, 0.25) is 0 Å². The van der Waals surface area contributed by atoms with Crippen molar-refractivity contribution >= 4 is 26.7 Å². The van der Waals surface area contributed by atoms with Crippen LogP contribution in [0.3, 0.4) is 0 Å². The first-order chi connectivity index (χ1) is 17.7. The van der Waals surface area contributed by atoms with Gasteiger partial charge in [0.1, 0.15) is 22.9 Å². The average Bonchev–Trinajstić information content (AvgIpc) is 2.89. The van der Waals surface area contributed by atoms with Crippen LogP contribution in [-0.4, -0.2) is 57.2 Å². The molecule has 5 rings (SSSR count). The Labute approximate surface area is 214 Å². The van der Waals surface area contributed by atoms with E-state index in [0.717, 1.165) is 5.69 Å². The van der Waals surface area contributed by atoms with E-state index in [9.17, 15) is 17.9 Å². The number of nitrogens with zero attached hydrogens (tertiary/aromatic N) is 5. The Hall–Kier alpha value is -3.54. The third-order valence-electron chi connectivity index (χ3n) is 6.54. The van der Waals surface area contributed by atoms with Crippen LogP contribution >= 0.6 is 0 Å². The summed E-state index contributed by atoms with van der Waals surface area (Å²) in [5, 5.41) is 22.1. The maximum absolute atomic E-state index is 13.8. The van der Waals surface area contributed by atoms with Crippen molar-refractivity contribution in [3.8, 4) is 11.1 Å². The SMILES string of the molecule is Cc1ccc([C@@H](C)Nc2ncnc3c(S(=O)(=O)N4CCC(O)CC4)cc(-c4ccc(F)cc4)cc23)nn1. The molecule has 3 heterocycles. The highest BCUT2D eigenvalue weighted by Crippen LogP contribution is 2.35. The molecule has 192 valence electrons. The van der Waals surface area contributed by atoms with E-state index >= 15 is 0 Å². The number of hydrogen-bond acceptors (Lipinski definition) is 8. The molecule has 0 spiro atoms. The summed E-state index contributed by atoms with van der Waals surface area (Å²) in [6, 6.07) is 12.7. The molecule has 0 unspecified atom stereocenters. The number of hydrogen-bond donors (Lipinski definition) is 2. The van der Waals surface area contributed by atoms with Crippen molar-refractivity contribution < 1.29 is 17.9 Å². The van der Waals surface area contributed by atoms with Crippen LogP contribution in [-0.2, 0) is 10.0 Å². The van der Waals surface area contributed by atoms with E-state index in [4.69, 9.17) is 0 Å². The molecule has 0 amide bonds. The lowest BCUT2D eigenvalue weighted by Gasteiger charge is -2.29. The number of sulfonamides is 1. The number of aryl methyl sites for hydroxylation is 1. The van der Waals surface area contributed by atoms with Crippen molar-refractivity contribution in [1.82, 2.24) is 24.5 Å². The zero-order chi connectivity index (χ0) is 26.2. The Balaban J connectivity index is 1.65. The average molecular weight is 523 g/mol. The maximum Gasteiger partial charge on any atom is 0.245 e. The number of fused-ring (bicyclic) bond motifs is 1. The predicted octanol–water partition coefficient (Wildman–Crippen LogP) is 3.85. The van der Waals surface area contributed by atoms with Gasteiger partial charge in [-0.2, -0.15) is 14.5 Å². The van der Waals surface area contributed by atoms with Gasteiger partial charge in [0.2, 0.25) is 10.0 Å². The number of benzene rings is 2. The van der Waals surface area contributed by atoms with Gasteiger partial charge in [0.15, 0.2) is 0 Å². The molecule has 11 heteroatoms. The van der Waals surface area contributed by atoms with Gasteiger partial charge in [0.25, 0.3) is 0 Å². The molecule has 0 aliphatic carbocycles. The highest BCUT2D eigenvalue weighted by molar-refractivity contribution is 7.89. The standard InChI is InChI=1S/C26H27FN6O3S/c1-16-3-8-23(32-31-16)17(2)30-26-22-13-19(18-4-6-20(27)7-5-18)14-24(25(22)28-15-29-26)37(35,36)33-11-9-21(34)10-12-33/h3-8,13-15,17,21,34H,9-12H2,1-2H3,(H,28,29,30)/t17-/m1/s1. The van der Waals surface area contributed by atoms with E-state index in [1.807, 2.05) is 26.0 Å². The van der Waals surface area contributed by atoms with Gasteiger partial charge in [0.05, 0.1) is 29.1 Å². The normalized spacial score (nSPS) is 16.1. The first kappa shape index (κ1) is 25.1. The number of rotatable bonds is 6. The predicted molar refractivity (Wildman–Crippen MR) is 138 cm³/mol. The monoisotopic (exact) mass is 522 g/mol. The third kappa shape index (κ3) is 5.15. The minimum atomic E-state index is -3.95. The lowest BCUT2D eigenvalue weighted by molar-refractivity contribution is 0.113. The second kappa shape index (κ2) is 10.1. The lowest BCUT2D eigenvalue weighted by Crippen LogP contribution is -2.40. The molecule has 1 saturated heterocycles. The molecule has 2 aromatic carbocycles. The van der Waals surface area contributed by atoms with Crippen LogP contribution in [0.25, 0.3) is 22.0 Å². The molecule has 0 bridgehead atoms. The fourth-order valence-corrected chi connectivity index (χ4v) is 6.05. The minimum absolute atomic E-state index is 0.0361. The summed E-state index contributed by atoms with van der Waals surface area (Å²) in [5.41, 5.74) is 3.01. The largest absolute Gasteiger partial charge is 0.393 e. The Morgan fingerprint density at radius 1 is 1.03 bits per heavy atom. The summed E-state index contributed by atoms with van der Waals surface area (Å²) in [5.74, 6) is 0.0531. The molecule has 9 nitrogen and oxygen atoms in total. The minimum Gasteiger partial charge on any atom is -0.393 e. The second-order valence-electron chi connectivity index (χ2n) is 9.20. The fourth-order valence-electron chi connectivity index (χ4n) is 4.40. The van der Waals surface area contributed by atoms with Crippen molar-refractivity contribution in [2.75, 3.05) is 18.4 Å². The number of halogens is 1. The molecule has 1 aliphatic rings. The number of nitrogens with one attached hydrogen (secondary N) is 1. The lowest BCUT2D eigenvalue weighted by atomic mass is 10.0. The smallest absolute Gasteiger partial charge is 0.245 e. The molecule has 0 radical (unpaired) electrons. The first-order valence-corrected chi connectivity index (χ1v) is 13.5. The van der Waals surface area contributed by atoms with Crippen molar-refractivity contribution in [2.24, 2.45) is 0 Å². The Morgan fingerprint density at radius 2 is 1.76 bits per heavy atom. The molecular weight excluding hydrogens is 495 g/mol. The summed E-state index contributed by atoms with van der Waals surface area (Å²) < 4.78 is 42.6. The van der Waals surface area contributed by atoms with Crippen molar-refractivity contribution in [3.63, 3.8) is 0 Å². The zero-order valence-electron chi connectivity index (χ0n) is 20.5. The molecular formula is C26H27FN6O3S. The molecule has 2 N–H and O–H groups in total. The second-order valence-corrected chi connectivity index (χ2v) is 11.1. The number of piperidine rings is 1. The highest BCUT2D eigenvalue weighted by atomic mass is 32.2. The van der Waals surface area contributed by atoms with E-state index in [1.54, 1.807) is 24.3 Å². The van der Waals surface area contributed by atoms with Crippen LogP contribution < -0.4 is 5.32 Å². The zero-order valence-corrected chi connectivity index (χ0v) is 21.3. The third-order valence-corrected chi connectivity index (χ3v) is 8.45. The van der Waals surface area contributed by atoms with E-state index in [-0.39, 0.29) is 35.4 Å². The summed E-state index contributed by atoms with van der Waals surface area (Å²) in [4.78, 5) is 8.81. The van der Waals surface area contributed by atoms with Crippen molar-refractivity contribution in [1.29, 1.82) is 0 Å². The Kier molecular flexibility index (Phi) is 6.84. The molecule has 2 aromatic heterocycles. The van der Waals surface area contributed by atoms with Gasteiger partial charge in [-0.3, -0.25) is 0 Å². The van der Waals surface area contributed by atoms with Gasteiger partial charge in [-0.1, -0.05) is 12.1 Å². The van der Waals surface area contributed by atoms with Gasteiger partial charge in [-0.05, 0) is 74.2 Å². The maximum atomic E-state index is 13.8. The molecule has 1 aliphatic heterocycles. The number of anilines is 1. The van der Waals surface area contributed by atoms with Crippen LogP contribution in [0, 0.1) is 12.7 Å². The van der Waals surface area contributed by atoms with Crippen LogP contribution in [0.5, 0.6) is 0 Å². The molecule has 37 heavy (non-hydrogen) atoms. The summed E-state index contributed by atoms with van der Waals surface area (Å²) in [6.07, 6.45) is 1.55. The van der Waals surface area contributed by atoms with Gasteiger partial charge < -0.3 is 10.4 Å². The molecule has 1 atom stereocenters. The summed E-state index contributed by atoms with van der Waals surface area (Å²) in [7, 11) is -3.95. The highest BCUT2D eigenvalue weighted by Gasteiger charge is 2.31. The number of aliphatic hydroxyl groups is 1. The van der Waals surface area contributed by atoms with Crippen LogP contribution in [0.4, 0.5) is 10.2 Å². The molecule has 1 fully saturated rings. The van der Waals surface area contributed by atoms with E-state index in [0.29, 0.717) is 40.9 Å². The van der Waals surface area contributed by atoms with Gasteiger partial charge in [-0.25, -0.2) is 22.8 Å². The van der Waals surface area contributed by atoms with Crippen molar-refractivity contribution in [2.45, 2.75) is 43.7 Å². The van der Waals surface area contributed by atoms with E-state index in [2.05, 4.69) is 25.5 Å². The van der Waals surface area contributed by atoms with Gasteiger partial charge in [0, 0.05) is 18.5 Å². The van der Waals surface area contributed by atoms with Crippen LogP contribution in [0.1, 0.15) is 37.2 Å². The van der Waals surface area contributed by atoms with Crippen molar-refractivity contribution in [3.05, 3.63) is 72.1 Å². The topological polar surface area (TPSA) is 121 Å². The van der Waals surface area contributed by atoms with Crippen LogP contribution in [0.15, 0.2) is 59.8 Å². The number of aliphatic hydroxyl groups excluding tert-OH is 1. The Bertz CT molecular complexity index is 1520. The van der Waals surface area contributed by atoms with E-state index < -0.39 is 16.1 Å². The summed E-state index contributed by atoms with van der Waals surface area (Å²) in [6.45, 7) is 4.19. The molecule has 4 aromatic rings. The first-order valence-electron chi connectivity index (χ1n) is 12.0. The van der Waals surface area contributed by atoms with Gasteiger partial charge >= 0.3 is 0 Å². The number of aromatic nitrogens is 4. The Morgan fingerprint density at radius 3 is 2.43 bits per heavy atom. The quantitative estimate of drug-likeness (QED) is 0.392.